The normalized spacial score (nSPS) is 9.82. The van der Waals surface area contributed by atoms with Crippen LogP contribution in [0.15, 0.2) is 12.1 Å². The Labute approximate surface area is 96.3 Å². The second-order valence-corrected chi connectivity index (χ2v) is 2.95. The molecule has 2 N–H and O–H groups in total. The van der Waals surface area contributed by atoms with E-state index in [1.54, 1.807) is 0 Å². The first-order valence-electron chi connectivity index (χ1n) is 4.42. The number of terminal acetylenes is 1. The van der Waals surface area contributed by atoms with Crippen LogP contribution in [0.5, 0.6) is 5.75 Å². The molecule has 0 atom stereocenters. The summed E-state index contributed by atoms with van der Waals surface area (Å²) in [5.74, 6) is 1.10. The van der Waals surface area contributed by atoms with E-state index in [1.807, 2.05) is 0 Å². The Bertz CT molecular complexity index is 480. The molecule has 0 aliphatic heterocycles. The fourth-order valence-corrected chi connectivity index (χ4v) is 1.18. The zero-order valence-electron chi connectivity index (χ0n) is 8.87. The summed E-state index contributed by atoms with van der Waals surface area (Å²) in [5.41, 5.74) is 5.45. The van der Waals surface area contributed by atoms with E-state index in [1.165, 1.54) is 6.07 Å². The van der Waals surface area contributed by atoms with Crippen LogP contribution in [0, 0.1) is 12.3 Å². The smallest absolute Gasteiger partial charge is 0.387 e. The van der Waals surface area contributed by atoms with Crippen LogP contribution in [-0.2, 0) is 4.74 Å². The van der Waals surface area contributed by atoms with Crippen LogP contribution in [0.1, 0.15) is 15.9 Å². The lowest BCUT2D eigenvalue weighted by molar-refractivity contribution is -0.0494. The molecule has 0 aromatic heterocycles. The minimum Gasteiger partial charge on any atom is -0.465 e. The summed E-state index contributed by atoms with van der Waals surface area (Å²) in [7, 11) is 1.15. The number of esters is 1. The lowest BCUT2D eigenvalue weighted by atomic mass is 10.1. The van der Waals surface area contributed by atoms with E-state index < -0.39 is 12.6 Å². The van der Waals surface area contributed by atoms with Gasteiger partial charge in [0.1, 0.15) is 0 Å². The third-order valence-electron chi connectivity index (χ3n) is 1.93. The summed E-state index contributed by atoms with van der Waals surface area (Å²) in [6.45, 7) is -3.06. The largest absolute Gasteiger partial charge is 0.465 e. The predicted molar refractivity (Wildman–Crippen MR) is 56.8 cm³/mol. The highest BCUT2D eigenvalue weighted by molar-refractivity contribution is 5.91. The molecule has 17 heavy (non-hydrogen) atoms. The Morgan fingerprint density at radius 1 is 1.53 bits per heavy atom. The third kappa shape index (κ3) is 2.84. The predicted octanol–water partition coefficient (Wildman–Crippen LogP) is 1.64. The van der Waals surface area contributed by atoms with Crippen molar-refractivity contribution in [3.63, 3.8) is 0 Å². The SMILES string of the molecule is C#Cc1cc(C(=O)OC)cc(OC(F)F)c1N. The molecule has 0 heterocycles. The molecule has 4 nitrogen and oxygen atoms in total. The van der Waals surface area contributed by atoms with Crippen LogP contribution >= 0.6 is 0 Å². The van der Waals surface area contributed by atoms with E-state index in [9.17, 15) is 13.6 Å². The first-order chi connectivity index (χ1) is 7.99. The Balaban J connectivity index is 3.29. The van der Waals surface area contributed by atoms with Gasteiger partial charge in [0.05, 0.1) is 23.9 Å². The van der Waals surface area contributed by atoms with E-state index in [0.717, 1.165) is 13.2 Å². The van der Waals surface area contributed by atoms with Gasteiger partial charge in [-0.25, -0.2) is 4.79 Å². The number of carbonyl (C=O) groups is 1. The van der Waals surface area contributed by atoms with Crippen molar-refractivity contribution >= 4 is 11.7 Å². The number of hydrogen-bond acceptors (Lipinski definition) is 4. The molecule has 0 saturated carbocycles. The van der Waals surface area contributed by atoms with E-state index in [0.29, 0.717) is 0 Å². The molecule has 90 valence electrons. The van der Waals surface area contributed by atoms with Crippen molar-refractivity contribution in [3.05, 3.63) is 23.3 Å². The van der Waals surface area contributed by atoms with Crippen molar-refractivity contribution in [1.29, 1.82) is 0 Å². The summed E-state index contributed by atoms with van der Waals surface area (Å²) in [4.78, 5) is 11.3. The zero-order chi connectivity index (χ0) is 13.0. The molecule has 0 saturated heterocycles. The number of halogens is 2. The molecule has 0 radical (unpaired) electrons. The summed E-state index contributed by atoms with van der Waals surface area (Å²) < 4.78 is 32.8. The van der Waals surface area contributed by atoms with Crippen molar-refractivity contribution in [1.82, 2.24) is 0 Å². The number of nitrogens with two attached hydrogens (primary N) is 1. The highest BCUT2D eigenvalue weighted by atomic mass is 19.3. The molecule has 1 aromatic carbocycles. The number of rotatable bonds is 3. The topological polar surface area (TPSA) is 61.5 Å². The van der Waals surface area contributed by atoms with Gasteiger partial charge in [-0.2, -0.15) is 8.78 Å². The zero-order valence-corrected chi connectivity index (χ0v) is 8.87. The summed E-state index contributed by atoms with van der Waals surface area (Å²) >= 11 is 0. The van der Waals surface area contributed by atoms with Gasteiger partial charge in [-0.05, 0) is 12.1 Å². The summed E-state index contributed by atoms with van der Waals surface area (Å²) in [6, 6.07) is 2.31. The lowest BCUT2D eigenvalue weighted by Gasteiger charge is -2.11. The fourth-order valence-electron chi connectivity index (χ4n) is 1.18. The standard InChI is InChI=1S/C11H9F2NO3/c1-3-6-4-7(10(15)16-2)5-8(9(6)14)17-11(12)13/h1,4-5,11H,14H2,2H3. The maximum absolute atomic E-state index is 12.1. The van der Waals surface area contributed by atoms with Crippen molar-refractivity contribution < 1.29 is 23.0 Å². The van der Waals surface area contributed by atoms with E-state index in [-0.39, 0.29) is 22.6 Å². The molecule has 0 aliphatic carbocycles. The van der Waals surface area contributed by atoms with Crippen molar-refractivity contribution in [2.75, 3.05) is 12.8 Å². The van der Waals surface area contributed by atoms with Gasteiger partial charge in [0.15, 0.2) is 5.75 Å². The molecule has 0 bridgehead atoms. The van der Waals surface area contributed by atoms with E-state index in [4.69, 9.17) is 12.2 Å². The second-order valence-electron chi connectivity index (χ2n) is 2.95. The number of benzene rings is 1. The average Bonchev–Trinajstić information content (AvgIpc) is 2.30. The Morgan fingerprint density at radius 2 is 2.18 bits per heavy atom. The highest BCUT2D eigenvalue weighted by Crippen LogP contribution is 2.28. The monoisotopic (exact) mass is 241 g/mol. The average molecular weight is 241 g/mol. The van der Waals surface area contributed by atoms with Crippen LogP contribution in [0.25, 0.3) is 0 Å². The fraction of sp³-hybridized carbons (Fsp3) is 0.182. The van der Waals surface area contributed by atoms with Crippen LogP contribution < -0.4 is 10.5 Å². The number of carbonyl (C=O) groups excluding carboxylic acids is 1. The highest BCUT2D eigenvalue weighted by Gasteiger charge is 2.16. The number of anilines is 1. The van der Waals surface area contributed by atoms with Gasteiger partial charge in [0.2, 0.25) is 0 Å². The Hall–Kier alpha value is -2.29. The molecular formula is C11H9F2NO3. The van der Waals surface area contributed by atoms with Crippen LogP contribution in [0.3, 0.4) is 0 Å². The number of alkyl halides is 2. The number of hydrogen-bond donors (Lipinski definition) is 1. The molecule has 6 heteroatoms. The first kappa shape index (κ1) is 12.8. The Morgan fingerprint density at radius 3 is 2.65 bits per heavy atom. The Kier molecular flexibility index (Phi) is 3.88. The van der Waals surface area contributed by atoms with Gasteiger partial charge in [0.25, 0.3) is 0 Å². The van der Waals surface area contributed by atoms with Crippen molar-refractivity contribution in [3.8, 4) is 18.1 Å². The molecule has 0 unspecified atom stereocenters. The molecular weight excluding hydrogens is 232 g/mol. The molecule has 0 amide bonds. The maximum atomic E-state index is 12.1. The van der Waals surface area contributed by atoms with Gasteiger partial charge in [-0.15, -0.1) is 6.42 Å². The molecule has 0 spiro atoms. The van der Waals surface area contributed by atoms with E-state index in [2.05, 4.69) is 15.4 Å². The molecule has 1 aromatic rings. The van der Waals surface area contributed by atoms with Crippen LogP contribution in [0.4, 0.5) is 14.5 Å². The van der Waals surface area contributed by atoms with Gasteiger partial charge < -0.3 is 15.2 Å². The van der Waals surface area contributed by atoms with Gasteiger partial charge in [-0.1, -0.05) is 5.92 Å². The third-order valence-corrected chi connectivity index (χ3v) is 1.93. The maximum Gasteiger partial charge on any atom is 0.387 e. The quantitative estimate of drug-likeness (QED) is 0.496. The number of ether oxygens (including phenoxy) is 2. The molecule has 0 aliphatic rings. The minimum absolute atomic E-state index is 0.00898. The number of nitrogen functional groups attached to an aromatic ring is 1. The van der Waals surface area contributed by atoms with Crippen LogP contribution in [0.2, 0.25) is 0 Å². The summed E-state index contributed by atoms with van der Waals surface area (Å²) in [6.07, 6.45) is 5.14. The molecule has 1 rings (SSSR count). The number of methoxy groups -OCH3 is 1. The van der Waals surface area contributed by atoms with E-state index >= 15 is 0 Å². The lowest BCUT2D eigenvalue weighted by Crippen LogP contribution is -2.09. The second kappa shape index (κ2) is 5.16. The minimum atomic E-state index is -3.06. The molecule has 0 fully saturated rings. The van der Waals surface area contributed by atoms with Crippen molar-refractivity contribution in [2.45, 2.75) is 6.61 Å². The first-order valence-corrected chi connectivity index (χ1v) is 4.42. The van der Waals surface area contributed by atoms with Gasteiger partial charge >= 0.3 is 12.6 Å². The van der Waals surface area contributed by atoms with Crippen molar-refractivity contribution in [2.24, 2.45) is 0 Å². The van der Waals surface area contributed by atoms with Gasteiger partial charge in [0, 0.05) is 0 Å². The van der Waals surface area contributed by atoms with Gasteiger partial charge in [-0.3, -0.25) is 0 Å². The summed E-state index contributed by atoms with van der Waals surface area (Å²) in [5, 5.41) is 0. The van der Waals surface area contributed by atoms with Crippen LogP contribution in [-0.4, -0.2) is 19.7 Å².